The molecule has 3 heteroatoms. The minimum atomic E-state index is 0.473. The number of nitrogens with zero attached hydrogens (tertiary/aromatic N) is 2. The highest BCUT2D eigenvalue weighted by Gasteiger charge is 2.11. The third-order valence-corrected chi connectivity index (χ3v) is 3.17. The molecule has 1 heterocycles. The molecule has 0 spiro atoms. The first-order valence-electron chi connectivity index (χ1n) is 7.52. The zero-order valence-electron chi connectivity index (χ0n) is 13.2. The summed E-state index contributed by atoms with van der Waals surface area (Å²) in [6, 6.07) is 4.45. The van der Waals surface area contributed by atoms with Crippen molar-refractivity contribution in [2.75, 3.05) is 25.0 Å². The highest BCUT2D eigenvalue weighted by Crippen LogP contribution is 2.21. The predicted octanol–water partition coefficient (Wildman–Crippen LogP) is 3.55. The molecule has 0 aliphatic heterocycles. The van der Waals surface area contributed by atoms with Gasteiger partial charge in [0.05, 0.1) is 0 Å². The number of anilines is 1. The van der Waals surface area contributed by atoms with Crippen LogP contribution in [0.5, 0.6) is 0 Å². The lowest BCUT2D eigenvalue weighted by Crippen LogP contribution is -2.26. The Morgan fingerprint density at radius 1 is 1.16 bits per heavy atom. The summed E-state index contributed by atoms with van der Waals surface area (Å²) in [4.78, 5) is 7.26. The van der Waals surface area contributed by atoms with Crippen molar-refractivity contribution < 1.29 is 0 Å². The molecule has 1 rings (SSSR count). The van der Waals surface area contributed by atoms with Crippen LogP contribution in [-0.2, 0) is 6.54 Å². The van der Waals surface area contributed by atoms with E-state index in [0.717, 1.165) is 38.3 Å². The lowest BCUT2D eigenvalue weighted by molar-refractivity contribution is 0.719. The van der Waals surface area contributed by atoms with E-state index in [0.29, 0.717) is 5.92 Å². The zero-order chi connectivity index (χ0) is 14.3. The Labute approximate surface area is 118 Å². The molecule has 0 aromatic carbocycles. The molecule has 0 saturated carbocycles. The number of nitrogens with one attached hydrogen (secondary N) is 1. The number of pyridine rings is 1. The molecule has 0 radical (unpaired) electrons. The van der Waals surface area contributed by atoms with Crippen molar-refractivity contribution in [2.24, 2.45) is 0 Å². The van der Waals surface area contributed by atoms with Gasteiger partial charge in [-0.3, -0.25) is 0 Å². The molecule has 108 valence electrons. The lowest BCUT2D eigenvalue weighted by atomic mass is 10.1. The Morgan fingerprint density at radius 3 is 2.26 bits per heavy atom. The molecule has 0 aliphatic rings. The summed E-state index contributed by atoms with van der Waals surface area (Å²) in [6.07, 6.45) is 2.32. The Balaban J connectivity index is 3.07. The van der Waals surface area contributed by atoms with Gasteiger partial charge in [0.1, 0.15) is 5.82 Å². The molecule has 0 saturated heterocycles. The largest absolute Gasteiger partial charge is 0.357 e. The van der Waals surface area contributed by atoms with Crippen LogP contribution in [0, 0.1) is 0 Å². The molecule has 0 aliphatic carbocycles. The molecule has 19 heavy (non-hydrogen) atoms. The van der Waals surface area contributed by atoms with Crippen LogP contribution in [0.3, 0.4) is 0 Å². The van der Waals surface area contributed by atoms with Crippen LogP contribution in [0.25, 0.3) is 0 Å². The van der Waals surface area contributed by atoms with Gasteiger partial charge in [0, 0.05) is 25.3 Å². The van der Waals surface area contributed by atoms with Gasteiger partial charge in [0.2, 0.25) is 0 Å². The lowest BCUT2D eigenvalue weighted by Gasteiger charge is -2.24. The Hall–Kier alpha value is -1.09. The van der Waals surface area contributed by atoms with Gasteiger partial charge in [-0.25, -0.2) is 4.98 Å². The fourth-order valence-electron chi connectivity index (χ4n) is 2.24. The number of hydrogen-bond donors (Lipinski definition) is 1. The van der Waals surface area contributed by atoms with Crippen molar-refractivity contribution in [3.8, 4) is 0 Å². The minimum Gasteiger partial charge on any atom is -0.357 e. The molecular weight excluding hydrogens is 234 g/mol. The van der Waals surface area contributed by atoms with Gasteiger partial charge < -0.3 is 10.2 Å². The van der Waals surface area contributed by atoms with Gasteiger partial charge in [-0.15, -0.1) is 0 Å². The maximum absolute atomic E-state index is 4.85. The Morgan fingerprint density at radius 2 is 1.79 bits per heavy atom. The van der Waals surface area contributed by atoms with E-state index < -0.39 is 0 Å². The van der Waals surface area contributed by atoms with Crippen LogP contribution in [0.4, 0.5) is 5.82 Å². The SMILES string of the molecule is CCCN(CCC)c1cc(CNC)cc(C(C)C)n1. The van der Waals surface area contributed by atoms with Gasteiger partial charge in [0.25, 0.3) is 0 Å². The maximum atomic E-state index is 4.85. The highest BCUT2D eigenvalue weighted by molar-refractivity contribution is 5.43. The fraction of sp³-hybridized carbons (Fsp3) is 0.688. The van der Waals surface area contributed by atoms with Crippen molar-refractivity contribution in [3.05, 3.63) is 23.4 Å². The van der Waals surface area contributed by atoms with Crippen LogP contribution in [0.1, 0.15) is 57.7 Å². The van der Waals surface area contributed by atoms with E-state index >= 15 is 0 Å². The second-order valence-electron chi connectivity index (χ2n) is 5.43. The van der Waals surface area contributed by atoms with Crippen LogP contribution < -0.4 is 10.2 Å². The second-order valence-corrected chi connectivity index (χ2v) is 5.43. The highest BCUT2D eigenvalue weighted by atomic mass is 15.2. The standard InChI is InChI=1S/C16H29N3/c1-6-8-19(9-7-2)16-11-14(12-17-5)10-15(18-16)13(3)4/h10-11,13,17H,6-9,12H2,1-5H3. The number of rotatable bonds is 8. The molecule has 0 unspecified atom stereocenters. The van der Waals surface area contributed by atoms with Crippen LogP contribution in [0.15, 0.2) is 12.1 Å². The van der Waals surface area contributed by atoms with Gasteiger partial charge in [-0.2, -0.15) is 0 Å². The Kier molecular flexibility index (Phi) is 6.85. The number of hydrogen-bond acceptors (Lipinski definition) is 3. The fourth-order valence-corrected chi connectivity index (χ4v) is 2.24. The third kappa shape index (κ3) is 4.83. The van der Waals surface area contributed by atoms with Crippen molar-refractivity contribution in [3.63, 3.8) is 0 Å². The van der Waals surface area contributed by atoms with E-state index in [9.17, 15) is 0 Å². The molecule has 0 atom stereocenters. The summed E-state index contributed by atoms with van der Waals surface area (Å²) in [5.41, 5.74) is 2.52. The van der Waals surface area contributed by atoms with E-state index in [4.69, 9.17) is 4.98 Å². The molecule has 0 fully saturated rings. The molecule has 0 bridgehead atoms. The van der Waals surface area contributed by atoms with Crippen molar-refractivity contribution in [1.82, 2.24) is 10.3 Å². The van der Waals surface area contributed by atoms with E-state index in [1.807, 2.05) is 7.05 Å². The maximum Gasteiger partial charge on any atom is 0.129 e. The van der Waals surface area contributed by atoms with Crippen LogP contribution in [-0.4, -0.2) is 25.1 Å². The van der Waals surface area contributed by atoms with Gasteiger partial charge >= 0.3 is 0 Å². The number of aromatic nitrogens is 1. The average Bonchev–Trinajstić information content (AvgIpc) is 2.38. The molecule has 1 N–H and O–H groups in total. The zero-order valence-corrected chi connectivity index (χ0v) is 13.2. The molecule has 1 aromatic rings. The molecule has 0 amide bonds. The predicted molar refractivity (Wildman–Crippen MR) is 83.9 cm³/mol. The summed E-state index contributed by atoms with van der Waals surface area (Å²) in [5, 5.41) is 3.23. The van der Waals surface area contributed by atoms with Crippen LogP contribution >= 0.6 is 0 Å². The topological polar surface area (TPSA) is 28.2 Å². The monoisotopic (exact) mass is 263 g/mol. The van der Waals surface area contributed by atoms with Gasteiger partial charge in [-0.05, 0) is 43.5 Å². The third-order valence-electron chi connectivity index (χ3n) is 3.17. The van der Waals surface area contributed by atoms with Crippen LogP contribution in [0.2, 0.25) is 0 Å². The summed E-state index contributed by atoms with van der Waals surface area (Å²) < 4.78 is 0. The van der Waals surface area contributed by atoms with Crippen molar-refractivity contribution >= 4 is 5.82 Å². The second kappa shape index (κ2) is 8.16. The summed E-state index contributed by atoms with van der Waals surface area (Å²) in [6.45, 7) is 11.9. The summed E-state index contributed by atoms with van der Waals surface area (Å²) >= 11 is 0. The van der Waals surface area contributed by atoms with E-state index in [1.165, 1.54) is 11.3 Å². The molecular formula is C16H29N3. The quantitative estimate of drug-likeness (QED) is 0.777. The first kappa shape index (κ1) is 16.0. The summed E-state index contributed by atoms with van der Waals surface area (Å²) in [7, 11) is 1.99. The van der Waals surface area contributed by atoms with E-state index in [2.05, 4.69) is 50.0 Å². The van der Waals surface area contributed by atoms with E-state index in [1.54, 1.807) is 0 Å². The smallest absolute Gasteiger partial charge is 0.129 e. The van der Waals surface area contributed by atoms with E-state index in [-0.39, 0.29) is 0 Å². The molecule has 3 nitrogen and oxygen atoms in total. The first-order chi connectivity index (χ1) is 9.12. The minimum absolute atomic E-state index is 0.473. The average molecular weight is 263 g/mol. The summed E-state index contributed by atoms with van der Waals surface area (Å²) in [5.74, 6) is 1.61. The van der Waals surface area contributed by atoms with Gasteiger partial charge in [-0.1, -0.05) is 27.7 Å². The normalized spacial score (nSPS) is 11.1. The first-order valence-corrected chi connectivity index (χ1v) is 7.52. The van der Waals surface area contributed by atoms with Gasteiger partial charge in [0.15, 0.2) is 0 Å². The Bertz CT molecular complexity index is 368. The molecule has 1 aromatic heterocycles. The van der Waals surface area contributed by atoms with Crippen molar-refractivity contribution in [2.45, 2.75) is 53.0 Å². The van der Waals surface area contributed by atoms with Crippen molar-refractivity contribution in [1.29, 1.82) is 0 Å².